The average Bonchev–Trinajstić information content (AvgIpc) is 3.22. The Morgan fingerprint density at radius 3 is 3.09 bits per heavy atom. The van der Waals surface area contributed by atoms with Gasteiger partial charge < -0.3 is 14.9 Å². The van der Waals surface area contributed by atoms with E-state index in [-0.39, 0.29) is 11.9 Å². The Balaban J connectivity index is 1.46. The molecular weight excluding hydrogens is 290 g/mol. The number of carbonyl (C=O) groups excluding carboxylic acids is 1. The largest absolute Gasteiger partial charge is 0.348 e. The third kappa shape index (κ3) is 1.91. The van der Waals surface area contributed by atoms with E-state index in [1.807, 2.05) is 23.1 Å². The van der Waals surface area contributed by atoms with Crippen LogP contribution in [0.1, 0.15) is 40.5 Å². The van der Waals surface area contributed by atoms with Gasteiger partial charge in [0.05, 0.1) is 29.4 Å². The highest BCUT2D eigenvalue weighted by Gasteiger charge is 2.38. The number of hydrogen-bond acceptors (Lipinski definition) is 3. The minimum atomic E-state index is 0.118. The van der Waals surface area contributed by atoms with E-state index in [0.717, 1.165) is 42.4 Å². The van der Waals surface area contributed by atoms with Gasteiger partial charge in [0.25, 0.3) is 5.91 Å². The van der Waals surface area contributed by atoms with Crippen LogP contribution in [0.3, 0.4) is 0 Å². The SMILES string of the molecule is O=C(c1ccc2nc[nH]c2c1)N1CC[C@@H]2C[C@H]1Cc1[nH]cnc12. The number of carbonyl (C=O) groups is 1. The van der Waals surface area contributed by atoms with Gasteiger partial charge in [-0.05, 0) is 31.0 Å². The summed E-state index contributed by atoms with van der Waals surface area (Å²) < 4.78 is 0. The van der Waals surface area contributed by atoms with Crippen molar-refractivity contribution in [1.82, 2.24) is 24.8 Å². The fraction of sp³-hybridized carbons (Fsp3) is 0.353. The summed E-state index contributed by atoms with van der Waals surface area (Å²) in [5.74, 6) is 0.613. The first kappa shape index (κ1) is 12.9. The van der Waals surface area contributed by atoms with Crippen molar-refractivity contribution < 1.29 is 4.79 Å². The summed E-state index contributed by atoms with van der Waals surface area (Å²) >= 11 is 0. The Bertz CT molecular complexity index is 895. The molecule has 0 saturated carbocycles. The molecule has 6 heteroatoms. The minimum absolute atomic E-state index is 0.118. The molecule has 1 aliphatic heterocycles. The van der Waals surface area contributed by atoms with Crippen molar-refractivity contribution in [2.45, 2.75) is 31.2 Å². The van der Waals surface area contributed by atoms with Gasteiger partial charge in [-0.1, -0.05) is 0 Å². The third-order valence-electron chi connectivity index (χ3n) is 5.22. The summed E-state index contributed by atoms with van der Waals surface area (Å²) in [6, 6.07) is 5.95. The van der Waals surface area contributed by atoms with Gasteiger partial charge in [0.1, 0.15) is 0 Å². The number of nitrogens with one attached hydrogen (secondary N) is 2. The van der Waals surface area contributed by atoms with Crippen molar-refractivity contribution in [2.75, 3.05) is 6.54 Å². The van der Waals surface area contributed by atoms with Crippen LogP contribution in [-0.2, 0) is 6.42 Å². The predicted octanol–water partition coefficient (Wildman–Crippen LogP) is 2.23. The van der Waals surface area contributed by atoms with Crippen molar-refractivity contribution >= 4 is 16.9 Å². The molecule has 23 heavy (non-hydrogen) atoms. The molecule has 1 saturated heterocycles. The third-order valence-corrected chi connectivity index (χ3v) is 5.22. The number of rotatable bonds is 1. The van der Waals surface area contributed by atoms with Crippen LogP contribution in [0, 0.1) is 0 Å². The number of aromatic amines is 2. The van der Waals surface area contributed by atoms with Crippen LogP contribution in [0.15, 0.2) is 30.9 Å². The van der Waals surface area contributed by atoms with Crippen LogP contribution >= 0.6 is 0 Å². The number of nitrogens with zero attached hydrogens (tertiary/aromatic N) is 3. The standard InChI is InChI=1S/C17H17N5O/c23-17(11-1-2-13-14(6-11)19-8-18-13)22-4-3-10-5-12(22)7-15-16(10)21-9-20-15/h1-2,6,8-10,12H,3-5,7H2,(H,18,19)(H,20,21)/t10-,12+/m1/s1. The van der Waals surface area contributed by atoms with E-state index in [2.05, 4.69) is 19.9 Å². The quantitative estimate of drug-likeness (QED) is 0.723. The van der Waals surface area contributed by atoms with E-state index < -0.39 is 0 Å². The highest BCUT2D eigenvalue weighted by atomic mass is 16.2. The van der Waals surface area contributed by atoms with Crippen molar-refractivity contribution in [3.63, 3.8) is 0 Å². The molecule has 1 aromatic carbocycles. The highest BCUT2D eigenvalue weighted by Crippen LogP contribution is 2.38. The number of aromatic nitrogens is 4. The second kappa shape index (κ2) is 4.68. The van der Waals surface area contributed by atoms with Gasteiger partial charge in [-0.25, -0.2) is 9.97 Å². The number of benzene rings is 1. The van der Waals surface area contributed by atoms with Gasteiger partial charge in [-0.15, -0.1) is 0 Å². The Morgan fingerprint density at radius 1 is 1.22 bits per heavy atom. The highest BCUT2D eigenvalue weighted by molar-refractivity contribution is 5.97. The maximum absolute atomic E-state index is 13.0. The maximum Gasteiger partial charge on any atom is 0.254 e. The minimum Gasteiger partial charge on any atom is -0.348 e. The average molecular weight is 307 g/mol. The van der Waals surface area contributed by atoms with Crippen LogP contribution in [0.25, 0.3) is 11.0 Å². The molecule has 0 spiro atoms. The van der Waals surface area contributed by atoms with E-state index >= 15 is 0 Å². The van der Waals surface area contributed by atoms with Crippen LogP contribution in [0.4, 0.5) is 0 Å². The number of fused-ring (bicyclic) bond motifs is 5. The molecular formula is C17H17N5O. The molecule has 1 amide bonds. The zero-order valence-electron chi connectivity index (χ0n) is 12.6. The molecule has 0 unspecified atom stereocenters. The maximum atomic E-state index is 13.0. The molecule has 2 aromatic heterocycles. The summed E-state index contributed by atoms with van der Waals surface area (Å²) in [4.78, 5) is 30.0. The second-order valence-corrected chi connectivity index (χ2v) is 6.48. The Hall–Kier alpha value is -2.63. The fourth-order valence-corrected chi connectivity index (χ4v) is 4.08. The first-order chi connectivity index (χ1) is 11.3. The summed E-state index contributed by atoms with van der Waals surface area (Å²) in [6.45, 7) is 0.807. The molecule has 6 nitrogen and oxygen atoms in total. The Kier molecular flexibility index (Phi) is 2.62. The van der Waals surface area contributed by atoms with Gasteiger partial charge in [-0.2, -0.15) is 0 Å². The van der Waals surface area contributed by atoms with E-state index in [1.165, 1.54) is 11.4 Å². The molecule has 3 heterocycles. The van der Waals surface area contributed by atoms with Crippen LogP contribution < -0.4 is 0 Å². The Labute approximate surface area is 132 Å². The zero-order chi connectivity index (χ0) is 15.4. The zero-order valence-corrected chi connectivity index (χ0v) is 12.6. The lowest BCUT2D eigenvalue weighted by Crippen LogP contribution is -2.48. The van der Waals surface area contributed by atoms with E-state index in [1.54, 1.807) is 12.7 Å². The lowest BCUT2D eigenvalue weighted by molar-refractivity contribution is 0.0571. The van der Waals surface area contributed by atoms with Gasteiger partial charge in [0.15, 0.2) is 0 Å². The summed E-state index contributed by atoms with van der Waals surface area (Å²) in [6.07, 6.45) is 6.33. The van der Waals surface area contributed by atoms with E-state index in [4.69, 9.17) is 0 Å². The number of hydrogen-bond donors (Lipinski definition) is 2. The van der Waals surface area contributed by atoms with Crippen molar-refractivity contribution in [2.24, 2.45) is 0 Å². The molecule has 2 atom stereocenters. The van der Waals surface area contributed by atoms with Crippen LogP contribution in [0.5, 0.6) is 0 Å². The van der Waals surface area contributed by atoms with E-state index in [9.17, 15) is 4.79 Å². The topological polar surface area (TPSA) is 77.7 Å². The molecule has 2 bridgehead atoms. The molecule has 5 rings (SSSR count). The fourth-order valence-electron chi connectivity index (χ4n) is 4.08. The van der Waals surface area contributed by atoms with Crippen molar-refractivity contribution in [3.8, 4) is 0 Å². The monoisotopic (exact) mass is 307 g/mol. The van der Waals surface area contributed by atoms with Crippen molar-refractivity contribution in [3.05, 3.63) is 47.8 Å². The predicted molar refractivity (Wildman–Crippen MR) is 85.2 cm³/mol. The van der Waals surface area contributed by atoms with Gasteiger partial charge >= 0.3 is 0 Å². The summed E-state index contributed by atoms with van der Waals surface area (Å²) in [7, 11) is 0. The van der Waals surface area contributed by atoms with Gasteiger partial charge in [0.2, 0.25) is 0 Å². The lowest BCUT2D eigenvalue weighted by atomic mass is 9.80. The number of H-pyrrole nitrogens is 2. The van der Waals surface area contributed by atoms with Gasteiger partial charge in [0, 0.05) is 36.2 Å². The number of imidazole rings is 2. The number of piperidine rings is 1. The molecule has 1 fully saturated rings. The smallest absolute Gasteiger partial charge is 0.254 e. The van der Waals surface area contributed by atoms with Crippen LogP contribution in [0.2, 0.25) is 0 Å². The molecule has 2 aliphatic rings. The first-order valence-corrected chi connectivity index (χ1v) is 8.06. The number of likely N-dealkylation sites (tertiary alicyclic amines) is 1. The Morgan fingerprint density at radius 2 is 2.13 bits per heavy atom. The van der Waals surface area contributed by atoms with Gasteiger partial charge in [-0.3, -0.25) is 4.79 Å². The molecule has 3 aromatic rings. The normalized spacial score (nSPS) is 23.0. The molecule has 2 N–H and O–H groups in total. The molecule has 0 radical (unpaired) electrons. The second-order valence-electron chi connectivity index (χ2n) is 6.48. The summed E-state index contributed by atoms with van der Waals surface area (Å²) in [5.41, 5.74) is 4.95. The molecule has 1 aliphatic carbocycles. The van der Waals surface area contributed by atoms with Crippen LogP contribution in [-0.4, -0.2) is 43.3 Å². The van der Waals surface area contributed by atoms with Crippen molar-refractivity contribution in [1.29, 1.82) is 0 Å². The summed E-state index contributed by atoms with van der Waals surface area (Å²) in [5, 5.41) is 0. The number of amides is 1. The van der Waals surface area contributed by atoms with E-state index in [0.29, 0.717) is 5.92 Å². The lowest BCUT2D eigenvalue weighted by Gasteiger charge is -2.42. The first-order valence-electron chi connectivity index (χ1n) is 8.06. The molecule has 116 valence electrons.